The maximum Gasteiger partial charge on any atom is 0.328 e. The van der Waals surface area contributed by atoms with Gasteiger partial charge in [0, 0.05) is 19.8 Å². The molecule has 3 aromatic rings. The number of hydrogen-bond acceptors (Lipinski definition) is 5. The van der Waals surface area contributed by atoms with Crippen molar-refractivity contribution in [3.8, 4) is 5.75 Å². The predicted molar refractivity (Wildman–Crippen MR) is 124 cm³/mol. The summed E-state index contributed by atoms with van der Waals surface area (Å²) in [5.74, 6) is 0.452. The standard InChI is InChI=1S/C22H26N4O4S/c1-25-17-10-9-14(13-18(17)26(2)22(25)29)23-21(28)16(11-12-31-4)24-20(27)15-7-5-6-8-19(15)30-3/h5-10,13,16H,11-12H2,1-4H3,(H,23,28)(H,24,27). The number of para-hydroxylation sites is 1. The molecule has 2 amide bonds. The molecule has 1 unspecified atom stereocenters. The number of aryl methyl sites for hydroxylation is 2. The summed E-state index contributed by atoms with van der Waals surface area (Å²) < 4.78 is 8.33. The van der Waals surface area contributed by atoms with Crippen molar-refractivity contribution in [3.63, 3.8) is 0 Å². The lowest BCUT2D eigenvalue weighted by molar-refractivity contribution is -0.118. The minimum absolute atomic E-state index is 0.139. The van der Waals surface area contributed by atoms with Gasteiger partial charge in [0.1, 0.15) is 11.8 Å². The van der Waals surface area contributed by atoms with E-state index in [0.717, 1.165) is 5.52 Å². The van der Waals surface area contributed by atoms with Gasteiger partial charge in [0.2, 0.25) is 5.91 Å². The molecule has 0 bridgehead atoms. The topological polar surface area (TPSA) is 94.4 Å². The summed E-state index contributed by atoms with van der Waals surface area (Å²) in [4.78, 5) is 37.9. The third-order valence-electron chi connectivity index (χ3n) is 5.12. The number of methoxy groups -OCH3 is 1. The van der Waals surface area contributed by atoms with E-state index in [9.17, 15) is 14.4 Å². The number of nitrogens with one attached hydrogen (secondary N) is 2. The molecule has 2 aromatic carbocycles. The van der Waals surface area contributed by atoms with E-state index in [1.54, 1.807) is 72.9 Å². The van der Waals surface area contributed by atoms with Gasteiger partial charge < -0.3 is 15.4 Å². The van der Waals surface area contributed by atoms with Crippen LogP contribution in [0.5, 0.6) is 5.75 Å². The van der Waals surface area contributed by atoms with Crippen LogP contribution in [0.15, 0.2) is 47.3 Å². The van der Waals surface area contributed by atoms with Crippen molar-refractivity contribution >= 4 is 40.3 Å². The minimum atomic E-state index is -0.722. The van der Waals surface area contributed by atoms with Crippen LogP contribution in [0.3, 0.4) is 0 Å². The summed E-state index contributed by atoms with van der Waals surface area (Å²) in [5, 5.41) is 5.69. The fraction of sp³-hybridized carbons (Fsp3) is 0.318. The third kappa shape index (κ3) is 4.77. The molecular weight excluding hydrogens is 416 g/mol. The van der Waals surface area contributed by atoms with Crippen LogP contribution < -0.4 is 21.1 Å². The Balaban J connectivity index is 1.81. The Morgan fingerprint density at radius 1 is 1.10 bits per heavy atom. The van der Waals surface area contributed by atoms with Gasteiger partial charge in [-0.05, 0) is 48.8 Å². The van der Waals surface area contributed by atoms with E-state index >= 15 is 0 Å². The van der Waals surface area contributed by atoms with Crippen LogP contribution in [0, 0.1) is 0 Å². The van der Waals surface area contributed by atoms with E-state index in [4.69, 9.17) is 4.74 Å². The maximum atomic E-state index is 13.0. The van der Waals surface area contributed by atoms with E-state index in [2.05, 4.69) is 10.6 Å². The van der Waals surface area contributed by atoms with Gasteiger partial charge in [0.25, 0.3) is 5.91 Å². The van der Waals surface area contributed by atoms with Crippen LogP contribution >= 0.6 is 11.8 Å². The molecule has 9 heteroatoms. The van der Waals surface area contributed by atoms with Crippen molar-refractivity contribution in [3.05, 3.63) is 58.5 Å². The van der Waals surface area contributed by atoms with Crippen molar-refractivity contribution < 1.29 is 14.3 Å². The van der Waals surface area contributed by atoms with Gasteiger partial charge in [0.05, 0.1) is 23.7 Å². The number of imidazole rings is 1. The van der Waals surface area contributed by atoms with Crippen LogP contribution in [-0.2, 0) is 18.9 Å². The zero-order valence-corrected chi connectivity index (χ0v) is 18.8. The fourth-order valence-electron chi connectivity index (χ4n) is 3.39. The SMILES string of the molecule is COc1ccccc1C(=O)NC(CCSC)C(=O)Nc1ccc2c(c1)n(C)c(=O)n2C. The highest BCUT2D eigenvalue weighted by Gasteiger charge is 2.23. The van der Waals surface area contributed by atoms with E-state index in [1.807, 2.05) is 6.26 Å². The molecule has 1 aromatic heterocycles. The van der Waals surface area contributed by atoms with E-state index in [1.165, 1.54) is 11.7 Å². The maximum absolute atomic E-state index is 13.0. The van der Waals surface area contributed by atoms with Gasteiger partial charge in [-0.3, -0.25) is 18.7 Å². The summed E-state index contributed by atoms with van der Waals surface area (Å²) in [5.41, 5.74) is 2.27. The lowest BCUT2D eigenvalue weighted by atomic mass is 10.1. The quantitative estimate of drug-likeness (QED) is 0.559. The molecule has 164 valence electrons. The first-order valence-electron chi connectivity index (χ1n) is 9.76. The Morgan fingerprint density at radius 2 is 1.81 bits per heavy atom. The van der Waals surface area contributed by atoms with Crippen molar-refractivity contribution in [2.75, 3.05) is 24.4 Å². The first-order valence-corrected chi connectivity index (χ1v) is 11.2. The molecule has 31 heavy (non-hydrogen) atoms. The molecule has 2 N–H and O–H groups in total. The number of anilines is 1. The second-order valence-electron chi connectivity index (χ2n) is 7.10. The van der Waals surface area contributed by atoms with Gasteiger partial charge in [-0.2, -0.15) is 11.8 Å². The molecule has 0 saturated carbocycles. The van der Waals surface area contributed by atoms with Crippen molar-refractivity contribution in [2.45, 2.75) is 12.5 Å². The first-order chi connectivity index (χ1) is 14.9. The van der Waals surface area contributed by atoms with Crippen LogP contribution in [0.2, 0.25) is 0 Å². The molecule has 0 fully saturated rings. The summed E-state index contributed by atoms with van der Waals surface area (Å²) in [6.45, 7) is 0. The zero-order valence-electron chi connectivity index (χ0n) is 18.0. The zero-order chi connectivity index (χ0) is 22.5. The van der Waals surface area contributed by atoms with Gasteiger partial charge >= 0.3 is 5.69 Å². The summed E-state index contributed by atoms with van der Waals surface area (Å²) in [6, 6.07) is 11.4. The van der Waals surface area contributed by atoms with Gasteiger partial charge in [-0.1, -0.05) is 12.1 Å². The molecule has 0 radical (unpaired) electrons. The molecule has 1 atom stereocenters. The second-order valence-corrected chi connectivity index (χ2v) is 8.09. The summed E-state index contributed by atoms with van der Waals surface area (Å²) in [7, 11) is 4.89. The highest BCUT2D eigenvalue weighted by Crippen LogP contribution is 2.19. The smallest absolute Gasteiger partial charge is 0.328 e. The largest absolute Gasteiger partial charge is 0.496 e. The second kappa shape index (κ2) is 9.74. The molecule has 0 aliphatic heterocycles. The Hall–Kier alpha value is -3.20. The Morgan fingerprint density at radius 3 is 2.52 bits per heavy atom. The monoisotopic (exact) mass is 442 g/mol. The predicted octanol–water partition coefficient (Wildman–Crippen LogP) is 2.38. The van der Waals surface area contributed by atoms with Gasteiger partial charge in [-0.25, -0.2) is 4.79 Å². The van der Waals surface area contributed by atoms with Crippen LogP contribution in [0.4, 0.5) is 5.69 Å². The Kier molecular flexibility index (Phi) is 7.06. The summed E-state index contributed by atoms with van der Waals surface area (Å²) >= 11 is 1.60. The van der Waals surface area contributed by atoms with Crippen LogP contribution in [0.25, 0.3) is 11.0 Å². The first kappa shape index (κ1) is 22.5. The van der Waals surface area contributed by atoms with E-state index < -0.39 is 6.04 Å². The number of benzene rings is 2. The highest BCUT2D eigenvalue weighted by molar-refractivity contribution is 7.98. The number of amides is 2. The molecule has 1 heterocycles. The molecule has 3 rings (SSSR count). The molecule has 8 nitrogen and oxygen atoms in total. The summed E-state index contributed by atoms with van der Waals surface area (Å²) in [6.07, 6.45) is 2.42. The third-order valence-corrected chi connectivity index (χ3v) is 5.77. The number of carbonyl (C=O) groups is 2. The van der Waals surface area contributed by atoms with Crippen LogP contribution in [-0.4, -0.2) is 46.1 Å². The highest BCUT2D eigenvalue weighted by atomic mass is 32.2. The number of thioether (sulfide) groups is 1. The molecule has 0 aliphatic rings. The fourth-order valence-corrected chi connectivity index (χ4v) is 3.86. The van der Waals surface area contributed by atoms with Crippen molar-refractivity contribution in [1.29, 1.82) is 0 Å². The minimum Gasteiger partial charge on any atom is -0.496 e. The molecule has 0 saturated heterocycles. The molecule has 0 spiro atoms. The number of hydrogen-bond donors (Lipinski definition) is 2. The number of carbonyl (C=O) groups excluding carboxylic acids is 2. The average molecular weight is 443 g/mol. The number of ether oxygens (including phenoxy) is 1. The van der Waals surface area contributed by atoms with Gasteiger partial charge in [-0.15, -0.1) is 0 Å². The molecular formula is C22H26N4O4S. The Labute approximate surface area is 184 Å². The normalized spacial score (nSPS) is 11.9. The lowest BCUT2D eigenvalue weighted by Crippen LogP contribution is -2.44. The number of nitrogens with zero attached hydrogens (tertiary/aromatic N) is 2. The average Bonchev–Trinajstić information content (AvgIpc) is 2.99. The molecule has 0 aliphatic carbocycles. The van der Waals surface area contributed by atoms with Crippen molar-refractivity contribution in [1.82, 2.24) is 14.5 Å². The number of aromatic nitrogens is 2. The van der Waals surface area contributed by atoms with E-state index in [-0.39, 0.29) is 17.5 Å². The lowest BCUT2D eigenvalue weighted by Gasteiger charge is -2.19. The number of fused-ring (bicyclic) bond motifs is 1. The van der Waals surface area contributed by atoms with Crippen LogP contribution in [0.1, 0.15) is 16.8 Å². The van der Waals surface area contributed by atoms with E-state index in [0.29, 0.717) is 34.7 Å². The van der Waals surface area contributed by atoms with Gasteiger partial charge in [0.15, 0.2) is 0 Å². The number of rotatable bonds is 8. The van der Waals surface area contributed by atoms with Crippen molar-refractivity contribution in [2.24, 2.45) is 14.1 Å². The Bertz CT molecular complexity index is 1170.